The summed E-state index contributed by atoms with van der Waals surface area (Å²) in [5.41, 5.74) is 1.92. The van der Waals surface area contributed by atoms with Gasteiger partial charge in [0.2, 0.25) is 0 Å². The van der Waals surface area contributed by atoms with Crippen molar-refractivity contribution in [2.24, 2.45) is 0 Å². The number of alkyl halides is 3. The van der Waals surface area contributed by atoms with Crippen molar-refractivity contribution in [2.45, 2.75) is 62.8 Å². The summed E-state index contributed by atoms with van der Waals surface area (Å²) in [7, 11) is 1.88. The number of benzene rings is 2. The summed E-state index contributed by atoms with van der Waals surface area (Å²) in [6, 6.07) is 15.4. The molecular formula is C27H32ClF3N2O2. The van der Waals surface area contributed by atoms with Crippen LogP contribution in [0, 0.1) is 0 Å². The number of halogens is 4. The third-order valence-electron chi connectivity index (χ3n) is 7.25. The molecule has 0 atom stereocenters. The molecule has 2 aromatic carbocycles. The average molecular weight is 509 g/mol. The van der Waals surface area contributed by atoms with Crippen molar-refractivity contribution in [3.8, 4) is 5.75 Å². The number of piperidine rings is 1. The number of hydrogen-bond acceptors (Lipinski definition) is 3. The Morgan fingerprint density at radius 1 is 0.971 bits per heavy atom. The van der Waals surface area contributed by atoms with Crippen molar-refractivity contribution >= 4 is 17.5 Å². The highest BCUT2D eigenvalue weighted by Gasteiger charge is 2.33. The van der Waals surface area contributed by atoms with Gasteiger partial charge in [-0.1, -0.05) is 23.7 Å². The van der Waals surface area contributed by atoms with Gasteiger partial charge in [-0.25, -0.2) is 0 Å². The number of hydrogen-bond donors (Lipinski definition) is 0. The minimum Gasteiger partial charge on any atom is -0.490 e. The largest absolute Gasteiger partial charge is 0.490 e. The Morgan fingerprint density at radius 2 is 1.57 bits per heavy atom. The van der Waals surface area contributed by atoms with Gasteiger partial charge in [-0.2, -0.15) is 13.2 Å². The van der Waals surface area contributed by atoms with Crippen LogP contribution in [0.3, 0.4) is 0 Å². The Labute approximate surface area is 210 Å². The first-order chi connectivity index (χ1) is 16.7. The Hall–Kier alpha value is -2.25. The average Bonchev–Trinajstić information content (AvgIpc) is 2.84. The lowest BCUT2D eigenvalue weighted by Gasteiger charge is -2.35. The highest BCUT2D eigenvalue weighted by Crippen LogP contribution is 2.36. The molecule has 1 heterocycles. The van der Waals surface area contributed by atoms with E-state index in [9.17, 15) is 18.0 Å². The minimum absolute atomic E-state index is 0.0239. The van der Waals surface area contributed by atoms with E-state index in [1.165, 1.54) is 10.5 Å². The van der Waals surface area contributed by atoms with Crippen molar-refractivity contribution in [3.63, 3.8) is 0 Å². The molecule has 1 aliphatic heterocycles. The lowest BCUT2D eigenvalue weighted by molar-refractivity contribution is -0.149. The first-order valence-electron chi connectivity index (χ1n) is 12.3. The maximum Gasteiger partial charge on any atom is 0.401 e. The molecule has 2 aliphatic rings. The topological polar surface area (TPSA) is 32.8 Å². The Bertz CT molecular complexity index is 965. The van der Waals surface area contributed by atoms with E-state index >= 15 is 0 Å². The number of carbonyl (C=O) groups excluding carboxylic acids is 1. The van der Waals surface area contributed by atoms with E-state index in [1.807, 2.05) is 24.1 Å². The molecule has 1 saturated carbocycles. The predicted molar refractivity (Wildman–Crippen MR) is 131 cm³/mol. The molecule has 1 saturated heterocycles. The second kappa shape index (κ2) is 11.2. The highest BCUT2D eigenvalue weighted by molar-refractivity contribution is 6.30. The molecule has 0 radical (unpaired) electrons. The van der Waals surface area contributed by atoms with Gasteiger partial charge in [0.25, 0.3) is 5.91 Å². The minimum atomic E-state index is -4.15. The standard InChI is InChI=1S/C27H32ClF3N2O2/c1-32(26(34)21-2-8-22(28)9-3-21)23-10-4-19(5-11-23)20-6-12-24(13-7-20)35-25-14-16-33(17-15-25)18-27(29,30)31/h2-3,6-9,12-13,19,23,25H,4-5,10-11,14-18H2,1H3. The van der Waals surface area contributed by atoms with Gasteiger partial charge >= 0.3 is 6.18 Å². The van der Waals surface area contributed by atoms with Gasteiger partial charge in [0.1, 0.15) is 11.9 Å². The molecule has 2 fully saturated rings. The smallest absolute Gasteiger partial charge is 0.401 e. The van der Waals surface area contributed by atoms with E-state index in [0.29, 0.717) is 42.4 Å². The van der Waals surface area contributed by atoms with E-state index in [0.717, 1.165) is 31.4 Å². The first-order valence-corrected chi connectivity index (χ1v) is 12.6. The molecule has 190 valence electrons. The molecule has 0 N–H and O–H groups in total. The zero-order chi connectivity index (χ0) is 25.0. The highest BCUT2D eigenvalue weighted by atomic mass is 35.5. The van der Waals surface area contributed by atoms with Gasteiger partial charge in [0.05, 0.1) is 6.54 Å². The number of nitrogens with zero attached hydrogens (tertiary/aromatic N) is 2. The molecule has 4 rings (SSSR count). The molecule has 1 amide bonds. The predicted octanol–water partition coefficient (Wildman–Crippen LogP) is 6.54. The van der Waals surface area contributed by atoms with Gasteiger partial charge in [0, 0.05) is 36.8 Å². The van der Waals surface area contributed by atoms with E-state index in [2.05, 4.69) is 12.1 Å². The van der Waals surface area contributed by atoms with Crippen LogP contribution >= 0.6 is 11.6 Å². The van der Waals surface area contributed by atoms with Crippen molar-refractivity contribution in [3.05, 3.63) is 64.7 Å². The fourth-order valence-corrected chi connectivity index (χ4v) is 5.33. The molecule has 8 heteroatoms. The molecule has 4 nitrogen and oxygen atoms in total. The van der Waals surface area contributed by atoms with Crippen LogP contribution in [-0.4, -0.2) is 60.7 Å². The molecule has 0 unspecified atom stereocenters. The van der Waals surface area contributed by atoms with Crippen LogP contribution in [0.5, 0.6) is 5.75 Å². The van der Waals surface area contributed by atoms with Crippen LogP contribution in [-0.2, 0) is 0 Å². The Balaban J connectivity index is 1.23. The molecular weight excluding hydrogens is 477 g/mol. The van der Waals surface area contributed by atoms with E-state index in [1.54, 1.807) is 24.3 Å². The van der Waals surface area contributed by atoms with Crippen LogP contribution in [0.2, 0.25) is 5.02 Å². The Morgan fingerprint density at radius 3 is 2.14 bits per heavy atom. The van der Waals surface area contributed by atoms with Crippen LogP contribution < -0.4 is 4.74 Å². The molecule has 35 heavy (non-hydrogen) atoms. The maximum absolute atomic E-state index is 12.8. The molecule has 0 spiro atoms. The van der Waals surface area contributed by atoms with Crippen molar-refractivity contribution in [1.82, 2.24) is 9.80 Å². The SMILES string of the molecule is CN(C(=O)c1ccc(Cl)cc1)C1CCC(c2ccc(OC3CCN(CC(F)(F)F)CC3)cc2)CC1. The second-order valence-electron chi connectivity index (χ2n) is 9.71. The fourth-order valence-electron chi connectivity index (χ4n) is 5.21. The zero-order valence-electron chi connectivity index (χ0n) is 19.9. The maximum atomic E-state index is 12.8. The summed E-state index contributed by atoms with van der Waals surface area (Å²) in [5, 5.41) is 0.618. The number of rotatable bonds is 6. The third-order valence-corrected chi connectivity index (χ3v) is 7.50. The van der Waals surface area contributed by atoms with E-state index < -0.39 is 12.7 Å². The zero-order valence-corrected chi connectivity index (χ0v) is 20.7. The molecule has 0 aromatic heterocycles. The second-order valence-corrected chi connectivity index (χ2v) is 10.1. The van der Waals surface area contributed by atoms with Crippen LogP contribution in [0.15, 0.2) is 48.5 Å². The number of amides is 1. The summed E-state index contributed by atoms with van der Waals surface area (Å²) in [5.74, 6) is 1.24. The van der Waals surface area contributed by atoms with Crippen molar-refractivity contribution < 1.29 is 22.7 Å². The van der Waals surface area contributed by atoms with Gasteiger partial charge in [0.15, 0.2) is 0 Å². The molecule has 0 bridgehead atoms. The summed E-state index contributed by atoms with van der Waals surface area (Å²) in [6.07, 6.45) is 0.944. The molecule has 1 aliphatic carbocycles. The number of ether oxygens (including phenoxy) is 1. The van der Waals surface area contributed by atoms with Crippen LogP contribution in [0.25, 0.3) is 0 Å². The summed E-state index contributed by atoms with van der Waals surface area (Å²) in [6.45, 7) is -0.0390. The van der Waals surface area contributed by atoms with Crippen LogP contribution in [0.4, 0.5) is 13.2 Å². The van der Waals surface area contributed by atoms with Crippen LogP contribution in [0.1, 0.15) is 60.4 Å². The normalized spacial score (nSPS) is 22.1. The third kappa shape index (κ3) is 7.14. The first kappa shape index (κ1) is 25.8. The lowest BCUT2D eigenvalue weighted by Crippen LogP contribution is -2.42. The van der Waals surface area contributed by atoms with E-state index in [-0.39, 0.29) is 18.1 Å². The van der Waals surface area contributed by atoms with Crippen molar-refractivity contribution in [2.75, 3.05) is 26.7 Å². The fraction of sp³-hybridized carbons (Fsp3) is 0.519. The molecule has 2 aromatic rings. The summed E-state index contributed by atoms with van der Waals surface area (Å²) < 4.78 is 43.7. The van der Waals surface area contributed by atoms with Crippen molar-refractivity contribution in [1.29, 1.82) is 0 Å². The quantitative estimate of drug-likeness (QED) is 0.444. The summed E-state index contributed by atoms with van der Waals surface area (Å²) >= 11 is 5.93. The number of carbonyl (C=O) groups is 1. The Kier molecular flexibility index (Phi) is 8.27. The lowest BCUT2D eigenvalue weighted by atomic mass is 9.81. The van der Waals surface area contributed by atoms with Gasteiger partial charge in [-0.3, -0.25) is 9.69 Å². The van der Waals surface area contributed by atoms with Gasteiger partial charge < -0.3 is 9.64 Å². The van der Waals surface area contributed by atoms with Gasteiger partial charge in [-0.15, -0.1) is 0 Å². The summed E-state index contributed by atoms with van der Waals surface area (Å²) in [4.78, 5) is 16.1. The monoisotopic (exact) mass is 508 g/mol. The number of likely N-dealkylation sites (tertiary alicyclic amines) is 1. The van der Waals surface area contributed by atoms with E-state index in [4.69, 9.17) is 16.3 Å². The van der Waals surface area contributed by atoms with Gasteiger partial charge in [-0.05, 0) is 86.4 Å².